The van der Waals surface area contributed by atoms with Crippen molar-refractivity contribution in [1.82, 2.24) is 0 Å². The third-order valence-corrected chi connectivity index (χ3v) is 8.04. The van der Waals surface area contributed by atoms with Gasteiger partial charge in [-0.2, -0.15) is 0 Å². The van der Waals surface area contributed by atoms with Gasteiger partial charge in [-0.25, -0.2) is 4.57 Å². The molecule has 0 unspecified atom stereocenters. The molecule has 0 aliphatic heterocycles. The van der Waals surface area contributed by atoms with E-state index in [-0.39, 0.29) is 19.4 Å². The highest BCUT2D eigenvalue weighted by atomic mass is 31.2. The van der Waals surface area contributed by atoms with Gasteiger partial charge in [0.25, 0.3) is 0 Å². The summed E-state index contributed by atoms with van der Waals surface area (Å²) in [7, 11) is -4.78. The molecule has 0 heterocycles. The molecule has 52 heavy (non-hydrogen) atoms. The van der Waals surface area contributed by atoms with E-state index >= 15 is 0 Å². The first kappa shape index (κ1) is 49.0. The van der Waals surface area contributed by atoms with Gasteiger partial charge in [-0.15, -0.1) is 0 Å². The van der Waals surface area contributed by atoms with Crippen molar-refractivity contribution in [2.75, 3.05) is 13.2 Å². The van der Waals surface area contributed by atoms with E-state index in [0.29, 0.717) is 19.3 Å². The average molecular weight is 745 g/mol. The molecule has 0 amide bonds. The highest BCUT2D eigenvalue weighted by Crippen LogP contribution is 2.35. The molecule has 0 aromatic heterocycles. The Morgan fingerprint density at radius 2 is 0.923 bits per heavy atom. The minimum absolute atomic E-state index is 0.123. The molecule has 0 saturated heterocycles. The van der Waals surface area contributed by atoms with E-state index in [9.17, 15) is 14.2 Å². The zero-order chi connectivity index (χ0) is 38.2. The van der Waals surface area contributed by atoms with Crippen LogP contribution in [0, 0.1) is 0 Å². The van der Waals surface area contributed by atoms with E-state index in [2.05, 4.69) is 103 Å². The second kappa shape index (κ2) is 37.7. The van der Waals surface area contributed by atoms with E-state index in [1.165, 1.54) is 25.7 Å². The molecule has 1 atom stereocenters. The normalized spacial score (nSPS) is 13.5. The number of rotatable bonds is 34. The summed E-state index contributed by atoms with van der Waals surface area (Å²) in [4.78, 5) is 42.7. The number of hydrogen-bond donors (Lipinski definition) is 2. The molecule has 0 aliphatic rings. The van der Waals surface area contributed by atoms with Crippen LogP contribution in [0.3, 0.4) is 0 Å². The summed E-state index contributed by atoms with van der Waals surface area (Å²) in [6.45, 7) is 3.49. The fourth-order valence-corrected chi connectivity index (χ4v) is 5.01. The molecule has 0 fully saturated rings. The number of phosphoric ester groups is 1. The number of phosphoric acid groups is 1. The van der Waals surface area contributed by atoms with E-state index in [4.69, 9.17) is 19.3 Å². The van der Waals surface area contributed by atoms with E-state index in [0.717, 1.165) is 70.6 Å². The second-order valence-electron chi connectivity index (χ2n) is 12.5. The Morgan fingerprint density at radius 1 is 0.500 bits per heavy atom. The van der Waals surface area contributed by atoms with Gasteiger partial charge in [-0.05, 0) is 89.9 Å². The van der Waals surface area contributed by atoms with Gasteiger partial charge < -0.3 is 19.3 Å². The van der Waals surface area contributed by atoms with E-state index < -0.39 is 32.5 Å². The minimum Gasteiger partial charge on any atom is -0.462 e. The van der Waals surface area contributed by atoms with Gasteiger partial charge in [0.05, 0.1) is 6.61 Å². The van der Waals surface area contributed by atoms with Crippen LogP contribution in [-0.2, 0) is 28.2 Å². The lowest BCUT2D eigenvalue weighted by atomic mass is 10.1. The lowest BCUT2D eigenvalue weighted by molar-refractivity contribution is -0.161. The van der Waals surface area contributed by atoms with Crippen LogP contribution in [0.1, 0.15) is 142 Å². The van der Waals surface area contributed by atoms with Crippen LogP contribution in [0.2, 0.25) is 0 Å². The summed E-state index contributed by atoms with van der Waals surface area (Å²) in [6.07, 6.45) is 51.3. The van der Waals surface area contributed by atoms with Crippen molar-refractivity contribution in [2.45, 2.75) is 148 Å². The Bertz CT molecular complexity index is 1160. The van der Waals surface area contributed by atoms with Gasteiger partial charge in [-0.3, -0.25) is 14.1 Å². The Morgan fingerprint density at radius 3 is 1.38 bits per heavy atom. The Labute approximate surface area is 315 Å². The number of unbranched alkanes of at least 4 members (excludes halogenated alkanes) is 8. The van der Waals surface area contributed by atoms with Gasteiger partial charge in [0.15, 0.2) is 6.10 Å². The maximum atomic E-state index is 12.4. The van der Waals surface area contributed by atoms with Gasteiger partial charge in [0.1, 0.15) is 6.61 Å². The number of esters is 2. The monoisotopic (exact) mass is 744 g/mol. The molecule has 0 bridgehead atoms. The molecule has 8 nitrogen and oxygen atoms in total. The fraction of sp³-hybridized carbons (Fsp3) is 0.581. The zero-order valence-corrected chi connectivity index (χ0v) is 33.1. The lowest BCUT2D eigenvalue weighted by Crippen LogP contribution is -2.29. The summed E-state index contributed by atoms with van der Waals surface area (Å²) in [5, 5.41) is 0. The molecule has 2 N–H and O–H groups in total. The number of carbonyl (C=O) groups excluding carboxylic acids is 2. The highest BCUT2D eigenvalue weighted by Gasteiger charge is 2.22. The Kier molecular flexibility index (Phi) is 35.5. The van der Waals surface area contributed by atoms with Crippen molar-refractivity contribution in [3.8, 4) is 0 Å². The molecule has 9 heteroatoms. The maximum Gasteiger partial charge on any atom is 0.469 e. The molecule has 0 radical (unpaired) electrons. The van der Waals surface area contributed by atoms with Crippen LogP contribution in [0.15, 0.2) is 97.2 Å². The van der Waals surface area contributed by atoms with Gasteiger partial charge in [0, 0.05) is 12.8 Å². The lowest BCUT2D eigenvalue weighted by Gasteiger charge is -2.18. The number of allylic oxidation sites excluding steroid dienone is 16. The predicted octanol–water partition coefficient (Wildman–Crippen LogP) is 11.8. The summed E-state index contributed by atoms with van der Waals surface area (Å²) >= 11 is 0. The molecule has 0 aliphatic carbocycles. The van der Waals surface area contributed by atoms with Crippen molar-refractivity contribution in [1.29, 1.82) is 0 Å². The third-order valence-electron chi connectivity index (χ3n) is 7.56. The second-order valence-corrected chi connectivity index (χ2v) is 13.8. The number of hydrogen-bond acceptors (Lipinski definition) is 6. The first-order valence-electron chi connectivity index (χ1n) is 19.5. The molecular weight excluding hydrogens is 675 g/mol. The van der Waals surface area contributed by atoms with Crippen LogP contribution in [-0.4, -0.2) is 41.0 Å². The number of carbonyl (C=O) groups is 2. The van der Waals surface area contributed by atoms with Crippen molar-refractivity contribution in [3.05, 3.63) is 97.2 Å². The van der Waals surface area contributed by atoms with E-state index in [1.54, 1.807) is 0 Å². The first-order chi connectivity index (χ1) is 25.3. The van der Waals surface area contributed by atoms with Crippen LogP contribution in [0.4, 0.5) is 0 Å². The molecular formula is C43H69O8P. The Hall–Kier alpha value is -3.03. The third kappa shape index (κ3) is 39.8. The summed E-state index contributed by atoms with van der Waals surface area (Å²) in [6, 6.07) is 0. The summed E-state index contributed by atoms with van der Waals surface area (Å²) < 4.78 is 26.3. The maximum absolute atomic E-state index is 12.4. The zero-order valence-electron chi connectivity index (χ0n) is 32.2. The molecule has 0 aromatic rings. The van der Waals surface area contributed by atoms with Crippen LogP contribution < -0.4 is 0 Å². The quantitative estimate of drug-likeness (QED) is 0.0289. The largest absolute Gasteiger partial charge is 0.469 e. The summed E-state index contributed by atoms with van der Waals surface area (Å²) in [5.74, 6) is -0.998. The summed E-state index contributed by atoms with van der Waals surface area (Å²) in [5.41, 5.74) is 0. The van der Waals surface area contributed by atoms with Crippen molar-refractivity contribution >= 4 is 19.8 Å². The van der Waals surface area contributed by atoms with Crippen LogP contribution in [0.5, 0.6) is 0 Å². The van der Waals surface area contributed by atoms with Crippen LogP contribution >= 0.6 is 7.82 Å². The first-order valence-corrected chi connectivity index (χ1v) is 21.1. The number of ether oxygens (including phenoxy) is 2. The van der Waals surface area contributed by atoms with Gasteiger partial charge in [-0.1, -0.05) is 137 Å². The smallest absolute Gasteiger partial charge is 0.462 e. The van der Waals surface area contributed by atoms with E-state index in [1.807, 2.05) is 12.2 Å². The molecule has 0 spiro atoms. The highest BCUT2D eigenvalue weighted by molar-refractivity contribution is 7.46. The topological polar surface area (TPSA) is 119 Å². The average Bonchev–Trinajstić information content (AvgIpc) is 3.11. The Balaban J connectivity index is 4.15. The van der Waals surface area contributed by atoms with Gasteiger partial charge in [0.2, 0.25) is 0 Å². The van der Waals surface area contributed by atoms with Crippen molar-refractivity contribution in [3.63, 3.8) is 0 Å². The fourth-order valence-electron chi connectivity index (χ4n) is 4.65. The minimum atomic E-state index is -4.78. The van der Waals surface area contributed by atoms with Crippen LogP contribution in [0.25, 0.3) is 0 Å². The molecule has 0 rings (SSSR count). The van der Waals surface area contributed by atoms with Gasteiger partial charge >= 0.3 is 19.8 Å². The van der Waals surface area contributed by atoms with Crippen molar-refractivity contribution < 1.29 is 37.9 Å². The molecule has 0 aromatic carbocycles. The predicted molar refractivity (Wildman–Crippen MR) is 216 cm³/mol. The molecule has 294 valence electrons. The van der Waals surface area contributed by atoms with Crippen molar-refractivity contribution in [2.24, 2.45) is 0 Å². The molecule has 0 saturated carbocycles. The standard InChI is InChI=1S/C43H69O8P/c1-3-5-7-9-11-13-15-17-19-21-23-25-27-29-31-33-35-37-42(44)49-39-41(40-50-52(46,47)48)51-43(45)38-36-34-32-30-28-26-24-22-20-18-16-14-12-10-8-6-4-2/h7,9,12-15,18-21,24-27,30,32,41H,3-6,8,10-11,16-17,22-23,28-29,31,33-40H2,1-2H3,(H2,46,47,48)/b9-7+,14-12+,15-13+,20-18+,21-19+,26-24+,27-25+,32-30+/t41-/m1/s1. The SMILES string of the molecule is CCC/C=C/C/C=C/C/C=C/C/C=C/CCCCCC(=O)OC[C@H](COP(=O)(O)O)OC(=O)CCC/C=C/C/C=C/C/C=C/C/C=C/CCCCC.